The van der Waals surface area contributed by atoms with Gasteiger partial charge in [0.25, 0.3) is 0 Å². The first-order chi connectivity index (χ1) is 11.5. The van der Waals surface area contributed by atoms with Gasteiger partial charge < -0.3 is 15.0 Å². The summed E-state index contributed by atoms with van der Waals surface area (Å²) in [5.74, 6) is -0.529. The highest BCUT2D eigenvalue weighted by Gasteiger charge is 2.17. The van der Waals surface area contributed by atoms with Gasteiger partial charge in [0.2, 0.25) is 11.8 Å². The molecule has 0 atom stereocenters. The van der Waals surface area contributed by atoms with E-state index in [0.29, 0.717) is 23.7 Å². The minimum atomic E-state index is -0.405. The highest BCUT2D eigenvalue weighted by Crippen LogP contribution is 2.24. The van der Waals surface area contributed by atoms with Crippen molar-refractivity contribution in [2.45, 2.75) is 13.8 Å². The van der Waals surface area contributed by atoms with Crippen molar-refractivity contribution in [2.75, 3.05) is 23.4 Å². The van der Waals surface area contributed by atoms with Crippen LogP contribution in [0.1, 0.15) is 13.8 Å². The largest absolute Gasteiger partial charge is 0.492 e. The molecule has 0 aliphatic rings. The number of carbonyl (C=O) groups excluding carboxylic acids is 2. The summed E-state index contributed by atoms with van der Waals surface area (Å²) >= 11 is 0. The van der Waals surface area contributed by atoms with E-state index in [-0.39, 0.29) is 18.4 Å². The molecule has 126 valence electrons. The number of anilines is 2. The molecule has 0 aliphatic carbocycles. The van der Waals surface area contributed by atoms with E-state index < -0.39 is 5.82 Å². The van der Waals surface area contributed by atoms with E-state index in [1.54, 1.807) is 24.3 Å². The van der Waals surface area contributed by atoms with E-state index in [1.165, 1.54) is 36.1 Å². The van der Waals surface area contributed by atoms with Crippen LogP contribution in [0.25, 0.3) is 0 Å². The first-order valence-electron chi connectivity index (χ1n) is 7.56. The van der Waals surface area contributed by atoms with Gasteiger partial charge in [-0.3, -0.25) is 9.59 Å². The zero-order valence-electron chi connectivity index (χ0n) is 13.6. The average Bonchev–Trinajstić information content (AvgIpc) is 2.55. The Balaban J connectivity index is 2.11. The van der Waals surface area contributed by atoms with Crippen molar-refractivity contribution in [3.8, 4) is 5.75 Å². The maximum atomic E-state index is 13.0. The minimum Gasteiger partial charge on any atom is -0.492 e. The SMILES string of the molecule is CCOc1ccccc1NC(=O)CN(C(C)=O)c1ccc(F)cc1. The van der Waals surface area contributed by atoms with Gasteiger partial charge in [-0.15, -0.1) is 0 Å². The van der Waals surface area contributed by atoms with Crippen LogP contribution in [0.15, 0.2) is 48.5 Å². The Morgan fingerprint density at radius 2 is 1.79 bits per heavy atom. The summed E-state index contributed by atoms with van der Waals surface area (Å²) in [7, 11) is 0. The molecular formula is C18H19FN2O3. The van der Waals surface area contributed by atoms with Crippen molar-refractivity contribution in [1.29, 1.82) is 0 Å². The van der Waals surface area contributed by atoms with Crippen molar-refractivity contribution >= 4 is 23.2 Å². The number of benzene rings is 2. The fraction of sp³-hybridized carbons (Fsp3) is 0.222. The number of hydrogen-bond acceptors (Lipinski definition) is 3. The molecule has 0 spiro atoms. The summed E-state index contributed by atoms with van der Waals surface area (Å²) in [5, 5.41) is 2.73. The lowest BCUT2D eigenvalue weighted by atomic mass is 10.2. The lowest BCUT2D eigenvalue weighted by Gasteiger charge is -2.21. The van der Waals surface area contributed by atoms with Gasteiger partial charge in [0.05, 0.1) is 12.3 Å². The second-order valence-corrected chi connectivity index (χ2v) is 5.06. The average molecular weight is 330 g/mol. The summed E-state index contributed by atoms with van der Waals surface area (Å²) in [6.45, 7) is 3.50. The maximum absolute atomic E-state index is 13.0. The molecule has 24 heavy (non-hydrogen) atoms. The van der Waals surface area contributed by atoms with Crippen molar-refractivity contribution in [1.82, 2.24) is 0 Å². The molecule has 2 rings (SSSR count). The zero-order valence-corrected chi connectivity index (χ0v) is 13.6. The van der Waals surface area contributed by atoms with Gasteiger partial charge in [0, 0.05) is 12.6 Å². The lowest BCUT2D eigenvalue weighted by molar-refractivity contribution is -0.120. The number of halogens is 1. The summed E-state index contributed by atoms with van der Waals surface area (Å²) in [6.07, 6.45) is 0. The fourth-order valence-electron chi connectivity index (χ4n) is 2.19. The summed E-state index contributed by atoms with van der Waals surface area (Å²) in [6, 6.07) is 12.5. The molecule has 0 aromatic heterocycles. The number of rotatable bonds is 6. The Bertz CT molecular complexity index is 716. The second-order valence-electron chi connectivity index (χ2n) is 5.06. The van der Waals surface area contributed by atoms with Crippen LogP contribution in [0, 0.1) is 5.82 Å². The van der Waals surface area contributed by atoms with Crippen LogP contribution in [0.4, 0.5) is 15.8 Å². The first kappa shape index (κ1) is 17.5. The third kappa shape index (κ3) is 4.55. The molecular weight excluding hydrogens is 311 g/mol. The van der Waals surface area contributed by atoms with Crippen LogP contribution in [-0.2, 0) is 9.59 Å². The van der Waals surface area contributed by atoms with Gasteiger partial charge in [0.15, 0.2) is 0 Å². The van der Waals surface area contributed by atoms with Gasteiger partial charge in [0.1, 0.15) is 18.1 Å². The van der Waals surface area contributed by atoms with Crippen LogP contribution in [0.2, 0.25) is 0 Å². The lowest BCUT2D eigenvalue weighted by Crippen LogP contribution is -2.36. The molecule has 0 radical (unpaired) electrons. The molecule has 0 fully saturated rings. The molecule has 0 aliphatic heterocycles. The predicted octanol–water partition coefficient (Wildman–Crippen LogP) is 3.22. The Morgan fingerprint density at radius 1 is 1.12 bits per heavy atom. The van der Waals surface area contributed by atoms with E-state index in [1.807, 2.05) is 6.92 Å². The van der Waals surface area contributed by atoms with E-state index in [9.17, 15) is 14.0 Å². The number of para-hydroxylation sites is 2. The topological polar surface area (TPSA) is 58.6 Å². The quantitative estimate of drug-likeness (QED) is 0.885. The van der Waals surface area contributed by atoms with Gasteiger partial charge in [-0.05, 0) is 43.3 Å². The first-order valence-corrected chi connectivity index (χ1v) is 7.56. The van der Waals surface area contributed by atoms with Gasteiger partial charge in [-0.2, -0.15) is 0 Å². The molecule has 0 saturated carbocycles. The number of amides is 2. The molecule has 0 bridgehead atoms. The third-order valence-corrected chi connectivity index (χ3v) is 3.28. The molecule has 6 heteroatoms. The highest BCUT2D eigenvalue weighted by molar-refractivity contribution is 6.02. The molecule has 2 aromatic rings. The van der Waals surface area contributed by atoms with Crippen molar-refractivity contribution in [2.24, 2.45) is 0 Å². The molecule has 0 heterocycles. The van der Waals surface area contributed by atoms with Gasteiger partial charge in [-0.25, -0.2) is 4.39 Å². The van der Waals surface area contributed by atoms with Gasteiger partial charge in [-0.1, -0.05) is 12.1 Å². The van der Waals surface area contributed by atoms with Crippen LogP contribution in [-0.4, -0.2) is 25.0 Å². The normalized spacial score (nSPS) is 10.1. The van der Waals surface area contributed by atoms with Crippen molar-refractivity contribution in [3.05, 3.63) is 54.3 Å². The summed E-state index contributed by atoms with van der Waals surface area (Å²) in [5.41, 5.74) is 0.990. The van der Waals surface area contributed by atoms with Crippen molar-refractivity contribution < 1.29 is 18.7 Å². The molecule has 0 unspecified atom stereocenters. The Kier molecular flexibility index (Phi) is 5.89. The number of nitrogens with zero attached hydrogens (tertiary/aromatic N) is 1. The predicted molar refractivity (Wildman–Crippen MR) is 90.7 cm³/mol. The van der Waals surface area contributed by atoms with E-state index in [2.05, 4.69) is 5.32 Å². The van der Waals surface area contributed by atoms with Crippen LogP contribution >= 0.6 is 0 Å². The number of ether oxygens (including phenoxy) is 1. The minimum absolute atomic E-state index is 0.179. The van der Waals surface area contributed by atoms with Crippen molar-refractivity contribution in [3.63, 3.8) is 0 Å². The fourth-order valence-corrected chi connectivity index (χ4v) is 2.19. The van der Waals surface area contributed by atoms with Crippen LogP contribution < -0.4 is 15.0 Å². The number of carbonyl (C=O) groups is 2. The third-order valence-electron chi connectivity index (χ3n) is 3.28. The van der Waals surface area contributed by atoms with E-state index in [0.717, 1.165) is 0 Å². The molecule has 5 nitrogen and oxygen atoms in total. The molecule has 2 amide bonds. The smallest absolute Gasteiger partial charge is 0.244 e. The summed E-state index contributed by atoms with van der Waals surface area (Å²) in [4.78, 5) is 25.4. The molecule has 1 N–H and O–H groups in total. The Hall–Kier alpha value is -2.89. The molecule has 2 aromatic carbocycles. The summed E-state index contributed by atoms with van der Waals surface area (Å²) < 4.78 is 18.5. The highest BCUT2D eigenvalue weighted by atomic mass is 19.1. The van der Waals surface area contributed by atoms with Crippen LogP contribution in [0.3, 0.4) is 0 Å². The Morgan fingerprint density at radius 3 is 2.42 bits per heavy atom. The van der Waals surface area contributed by atoms with E-state index >= 15 is 0 Å². The maximum Gasteiger partial charge on any atom is 0.244 e. The standard InChI is InChI=1S/C18H19FN2O3/c1-3-24-17-7-5-4-6-16(17)20-18(23)12-21(13(2)22)15-10-8-14(19)9-11-15/h4-11H,3,12H2,1-2H3,(H,20,23). The second kappa shape index (κ2) is 8.10. The van der Waals surface area contributed by atoms with E-state index in [4.69, 9.17) is 4.74 Å². The van der Waals surface area contributed by atoms with Gasteiger partial charge >= 0.3 is 0 Å². The zero-order chi connectivity index (χ0) is 17.5. The monoisotopic (exact) mass is 330 g/mol. The molecule has 0 saturated heterocycles. The number of hydrogen-bond donors (Lipinski definition) is 1. The van der Waals surface area contributed by atoms with Crippen LogP contribution in [0.5, 0.6) is 5.75 Å². The Labute approximate surface area is 140 Å². The number of nitrogens with one attached hydrogen (secondary N) is 1.